The van der Waals surface area contributed by atoms with Gasteiger partial charge in [0.15, 0.2) is 17.5 Å². The zero-order valence-corrected chi connectivity index (χ0v) is 24.6. The number of halogens is 2. The van der Waals surface area contributed by atoms with Gasteiger partial charge in [-0.15, -0.1) is 0 Å². The number of aryl methyl sites for hydroxylation is 2. The van der Waals surface area contributed by atoms with E-state index in [9.17, 15) is 0 Å². The molecule has 1 saturated carbocycles. The minimum atomic E-state index is -0.782. The number of unbranched alkanes of at least 4 members (excludes halogenated alkanes) is 12. The molecule has 1 heterocycles. The normalized spacial score (nSPS) is 16.9. The van der Waals surface area contributed by atoms with E-state index in [1.54, 1.807) is 12.4 Å². The van der Waals surface area contributed by atoms with Crippen molar-refractivity contribution in [2.45, 2.75) is 148 Å². The maximum Gasteiger partial charge on any atom is 0.170 e. The molecule has 1 fully saturated rings. The molecular weight excluding hydrogens is 486 g/mol. The van der Waals surface area contributed by atoms with Gasteiger partial charge in [-0.2, -0.15) is 0 Å². The first-order valence-corrected chi connectivity index (χ1v) is 16.5. The lowest BCUT2D eigenvalue weighted by molar-refractivity contribution is 0.388. The van der Waals surface area contributed by atoms with Crippen LogP contribution >= 0.6 is 0 Å². The van der Waals surface area contributed by atoms with Crippen LogP contribution in [-0.2, 0) is 19.3 Å². The van der Waals surface area contributed by atoms with Gasteiger partial charge >= 0.3 is 0 Å². The largest absolute Gasteiger partial charge is 0.236 e. The third kappa shape index (κ3) is 9.94. The van der Waals surface area contributed by atoms with Crippen LogP contribution in [0.1, 0.15) is 146 Å². The Hall–Kier alpha value is -1.84. The van der Waals surface area contributed by atoms with Crippen LogP contribution < -0.4 is 0 Å². The van der Waals surface area contributed by atoms with Crippen LogP contribution in [0.15, 0.2) is 18.5 Å². The van der Waals surface area contributed by atoms with Gasteiger partial charge in [-0.25, -0.2) is 18.7 Å². The molecule has 2 nitrogen and oxygen atoms in total. The van der Waals surface area contributed by atoms with Crippen molar-refractivity contribution in [1.82, 2.24) is 9.97 Å². The fraction of sp³-hybridized carbons (Fsp3) is 0.714. The number of aromatic nitrogens is 2. The van der Waals surface area contributed by atoms with Crippen molar-refractivity contribution in [3.05, 3.63) is 46.8 Å². The first-order chi connectivity index (χ1) is 19.2. The van der Waals surface area contributed by atoms with Gasteiger partial charge in [0.1, 0.15) is 0 Å². The summed E-state index contributed by atoms with van der Waals surface area (Å²) in [6.07, 6.45) is 30.8. The van der Waals surface area contributed by atoms with Crippen LogP contribution in [-0.4, -0.2) is 9.97 Å². The summed E-state index contributed by atoms with van der Waals surface area (Å²) in [6, 6.07) is 1.82. The van der Waals surface area contributed by atoms with E-state index in [1.165, 1.54) is 103 Å². The maximum atomic E-state index is 15.2. The number of hydrogen-bond acceptors (Lipinski definition) is 2. The predicted molar refractivity (Wildman–Crippen MR) is 159 cm³/mol. The molecule has 0 saturated heterocycles. The van der Waals surface area contributed by atoms with E-state index in [-0.39, 0.29) is 5.56 Å². The lowest BCUT2D eigenvalue weighted by atomic mass is 9.80. The monoisotopic (exact) mass is 538 g/mol. The molecule has 0 aliphatic heterocycles. The quantitative estimate of drug-likeness (QED) is 0.166. The standard InChI is InChI=1S/C35H52F2N2/c1-2-3-4-5-7-11-14-17-28-21-22-30-24-32(34(37)33(36)31(30)23-28)35-38-25-29(26-39-35)18-15-12-9-6-8-10-13-16-27-19-20-27/h24-28H,2-23H2,1H3. The van der Waals surface area contributed by atoms with Gasteiger partial charge in [0.2, 0.25) is 0 Å². The number of fused-ring (bicyclic) bond motifs is 1. The Bertz CT molecular complexity index is 983. The third-order valence-corrected chi connectivity index (χ3v) is 9.15. The SMILES string of the molecule is CCCCCCCCCC1CCc2cc(-c3ncc(CCCCCCCCCC4CC4)cn3)c(F)c(F)c2C1. The Kier molecular flexibility index (Phi) is 12.7. The molecule has 2 aliphatic carbocycles. The fourth-order valence-corrected chi connectivity index (χ4v) is 6.39. The molecular formula is C35H52F2N2. The van der Waals surface area contributed by atoms with Gasteiger partial charge < -0.3 is 0 Å². The minimum absolute atomic E-state index is 0.213. The van der Waals surface area contributed by atoms with Crippen molar-refractivity contribution in [3.63, 3.8) is 0 Å². The second kappa shape index (κ2) is 16.4. The van der Waals surface area contributed by atoms with E-state index in [0.717, 1.165) is 49.1 Å². The van der Waals surface area contributed by atoms with Gasteiger partial charge in [-0.05, 0) is 66.7 Å². The van der Waals surface area contributed by atoms with Crippen LogP contribution in [0.5, 0.6) is 0 Å². The zero-order valence-electron chi connectivity index (χ0n) is 24.6. The summed E-state index contributed by atoms with van der Waals surface area (Å²) >= 11 is 0. The highest BCUT2D eigenvalue weighted by Gasteiger charge is 2.26. The van der Waals surface area contributed by atoms with E-state index in [2.05, 4.69) is 16.9 Å². The molecule has 0 bridgehead atoms. The molecule has 216 valence electrons. The molecule has 4 heteroatoms. The van der Waals surface area contributed by atoms with Crippen LogP contribution in [0.3, 0.4) is 0 Å². The molecule has 1 aromatic carbocycles. The maximum absolute atomic E-state index is 15.2. The Morgan fingerprint density at radius 3 is 1.92 bits per heavy atom. The average Bonchev–Trinajstić information content (AvgIpc) is 3.79. The second-order valence-electron chi connectivity index (χ2n) is 12.6. The highest BCUT2D eigenvalue weighted by Crippen LogP contribution is 2.36. The average molecular weight is 539 g/mol. The highest BCUT2D eigenvalue weighted by molar-refractivity contribution is 5.59. The van der Waals surface area contributed by atoms with Crippen LogP contribution in [0.25, 0.3) is 11.4 Å². The highest BCUT2D eigenvalue weighted by atomic mass is 19.2. The third-order valence-electron chi connectivity index (χ3n) is 9.15. The molecule has 1 unspecified atom stereocenters. The van der Waals surface area contributed by atoms with Gasteiger partial charge in [0, 0.05) is 12.4 Å². The molecule has 1 atom stereocenters. The van der Waals surface area contributed by atoms with Crippen LogP contribution in [0.2, 0.25) is 0 Å². The summed E-state index contributed by atoms with van der Waals surface area (Å²) < 4.78 is 30.3. The fourth-order valence-electron chi connectivity index (χ4n) is 6.39. The van der Waals surface area contributed by atoms with Gasteiger partial charge in [0.05, 0.1) is 5.56 Å². The summed E-state index contributed by atoms with van der Waals surface area (Å²) in [5.41, 5.74) is 2.83. The molecule has 0 amide bonds. The van der Waals surface area contributed by atoms with Crippen LogP contribution in [0.4, 0.5) is 8.78 Å². The van der Waals surface area contributed by atoms with Crippen molar-refractivity contribution in [2.24, 2.45) is 11.8 Å². The number of rotatable bonds is 19. The molecule has 2 aromatic rings. The second-order valence-corrected chi connectivity index (χ2v) is 12.6. The Balaban J connectivity index is 1.19. The lowest BCUT2D eigenvalue weighted by Crippen LogP contribution is -2.17. The molecule has 0 spiro atoms. The van der Waals surface area contributed by atoms with E-state index in [1.807, 2.05) is 6.07 Å². The summed E-state index contributed by atoms with van der Waals surface area (Å²) in [5, 5.41) is 0. The molecule has 1 aromatic heterocycles. The summed E-state index contributed by atoms with van der Waals surface area (Å²) in [6.45, 7) is 2.25. The van der Waals surface area contributed by atoms with E-state index in [0.29, 0.717) is 23.7 Å². The van der Waals surface area contributed by atoms with E-state index >= 15 is 8.78 Å². The summed E-state index contributed by atoms with van der Waals surface area (Å²) in [5.74, 6) is 0.380. The van der Waals surface area contributed by atoms with Gasteiger partial charge in [0.25, 0.3) is 0 Å². The molecule has 4 rings (SSSR count). The van der Waals surface area contributed by atoms with Crippen molar-refractivity contribution >= 4 is 0 Å². The van der Waals surface area contributed by atoms with Crippen molar-refractivity contribution in [3.8, 4) is 11.4 Å². The summed E-state index contributed by atoms with van der Waals surface area (Å²) in [7, 11) is 0. The van der Waals surface area contributed by atoms with Gasteiger partial charge in [-0.1, -0.05) is 116 Å². The van der Waals surface area contributed by atoms with Crippen molar-refractivity contribution < 1.29 is 8.78 Å². The number of nitrogens with zero attached hydrogens (tertiary/aromatic N) is 2. The molecule has 39 heavy (non-hydrogen) atoms. The van der Waals surface area contributed by atoms with Crippen molar-refractivity contribution in [1.29, 1.82) is 0 Å². The number of benzene rings is 1. The molecule has 0 N–H and O–H groups in total. The Labute approximate surface area is 236 Å². The van der Waals surface area contributed by atoms with Crippen LogP contribution in [0, 0.1) is 23.5 Å². The molecule has 0 radical (unpaired) electrons. The summed E-state index contributed by atoms with van der Waals surface area (Å²) in [4.78, 5) is 8.88. The topological polar surface area (TPSA) is 25.8 Å². The van der Waals surface area contributed by atoms with Crippen molar-refractivity contribution in [2.75, 3.05) is 0 Å². The predicted octanol–water partition coefficient (Wildman–Crippen LogP) is 10.7. The zero-order chi connectivity index (χ0) is 27.3. The minimum Gasteiger partial charge on any atom is -0.236 e. The Morgan fingerprint density at radius 2 is 1.28 bits per heavy atom. The first-order valence-electron chi connectivity index (χ1n) is 16.5. The lowest BCUT2D eigenvalue weighted by Gasteiger charge is -2.26. The molecule has 2 aliphatic rings. The number of hydrogen-bond donors (Lipinski definition) is 0. The van der Waals surface area contributed by atoms with E-state index < -0.39 is 11.6 Å². The first kappa shape index (κ1) is 30.1. The Morgan fingerprint density at radius 1 is 0.692 bits per heavy atom. The van der Waals surface area contributed by atoms with E-state index in [4.69, 9.17) is 0 Å². The smallest absolute Gasteiger partial charge is 0.170 e. The van der Waals surface area contributed by atoms with Gasteiger partial charge in [-0.3, -0.25) is 0 Å².